The van der Waals surface area contributed by atoms with Crippen LogP contribution in [0, 0.1) is 12.7 Å². The van der Waals surface area contributed by atoms with Crippen molar-refractivity contribution in [3.05, 3.63) is 35.1 Å². The van der Waals surface area contributed by atoms with E-state index in [2.05, 4.69) is 9.80 Å². The summed E-state index contributed by atoms with van der Waals surface area (Å²) in [6.07, 6.45) is 0. The van der Waals surface area contributed by atoms with E-state index in [9.17, 15) is 9.18 Å². The third-order valence-corrected chi connectivity index (χ3v) is 3.90. The summed E-state index contributed by atoms with van der Waals surface area (Å²) in [4.78, 5) is 16.2. The van der Waals surface area contributed by atoms with Crippen LogP contribution in [-0.4, -0.2) is 54.1 Å². The molecule has 1 fully saturated rings. The number of ether oxygens (including phenoxy) is 1. The second-order valence-electron chi connectivity index (χ2n) is 7.19. The zero-order chi connectivity index (χ0) is 17.0. The molecule has 1 aromatic rings. The Bertz CT molecular complexity index is 546. The first-order chi connectivity index (χ1) is 10.7. The molecule has 0 N–H and O–H groups in total. The Labute approximate surface area is 138 Å². The van der Waals surface area contributed by atoms with Gasteiger partial charge in [0.15, 0.2) is 0 Å². The normalized spacial score (nSPS) is 17.3. The molecule has 0 bridgehead atoms. The Kier molecular flexibility index (Phi) is 5.76. The summed E-state index contributed by atoms with van der Waals surface area (Å²) in [5.41, 5.74) is 0.985. The van der Waals surface area contributed by atoms with Crippen molar-refractivity contribution < 1.29 is 13.9 Å². The summed E-state index contributed by atoms with van der Waals surface area (Å²) >= 11 is 0. The maximum atomic E-state index is 14.1. The van der Waals surface area contributed by atoms with Crippen molar-refractivity contribution in [1.82, 2.24) is 9.80 Å². The highest BCUT2D eigenvalue weighted by Gasteiger charge is 2.23. The van der Waals surface area contributed by atoms with Gasteiger partial charge in [-0.1, -0.05) is 18.2 Å². The molecule has 0 spiro atoms. The summed E-state index contributed by atoms with van der Waals surface area (Å²) in [5, 5.41) is 0. The number of halogens is 1. The fourth-order valence-corrected chi connectivity index (χ4v) is 2.73. The van der Waals surface area contributed by atoms with Crippen molar-refractivity contribution >= 4 is 5.97 Å². The number of rotatable bonds is 4. The highest BCUT2D eigenvalue weighted by molar-refractivity contribution is 5.72. The molecule has 0 amide bonds. The second kappa shape index (κ2) is 7.41. The molecular formula is C18H27FN2O2. The Morgan fingerprint density at radius 2 is 1.78 bits per heavy atom. The Morgan fingerprint density at radius 1 is 1.17 bits per heavy atom. The Hall–Kier alpha value is -1.46. The van der Waals surface area contributed by atoms with E-state index in [0.29, 0.717) is 18.7 Å². The lowest BCUT2D eigenvalue weighted by molar-refractivity contribution is -0.156. The first kappa shape index (κ1) is 17.9. The molecular weight excluding hydrogens is 295 g/mol. The fourth-order valence-electron chi connectivity index (χ4n) is 2.73. The van der Waals surface area contributed by atoms with Gasteiger partial charge in [0.2, 0.25) is 0 Å². The average Bonchev–Trinajstić information content (AvgIpc) is 2.44. The zero-order valence-electron chi connectivity index (χ0n) is 14.6. The van der Waals surface area contributed by atoms with Crippen molar-refractivity contribution in [3.63, 3.8) is 0 Å². The molecule has 0 atom stereocenters. The third kappa shape index (κ3) is 5.59. The third-order valence-electron chi connectivity index (χ3n) is 3.90. The molecule has 128 valence electrons. The molecule has 1 heterocycles. The molecule has 0 unspecified atom stereocenters. The molecule has 0 aliphatic carbocycles. The molecule has 5 heteroatoms. The van der Waals surface area contributed by atoms with E-state index in [-0.39, 0.29) is 11.8 Å². The molecule has 1 saturated heterocycles. The van der Waals surface area contributed by atoms with Crippen LogP contribution >= 0.6 is 0 Å². The summed E-state index contributed by atoms with van der Waals surface area (Å²) < 4.78 is 19.4. The van der Waals surface area contributed by atoms with Crippen LogP contribution in [0.1, 0.15) is 31.9 Å². The highest BCUT2D eigenvalue weighted by atomic mass is 19.1. The zero-order valence-corrected chi connectivity index (χ0v) is 14.6. The van der Waals surface area contributed by atoms with E-state index in [1.807, 2.05) is 32.9 Å². The first-order valence-corrected chi connectivity index (χ1v) is 8.15. The van der Waals surface area contributed by atoms with Crippen LogP contribution < -0.4 is 0 Å². The van der Waals surface area contributed by atoms with Crippen LogP contribution in [-0.2, 0) is 16.1 Å². The minimum absolute atomic E-state index is 0.108. The monoisotopic (exact) mass is 322 g/mol. The van der Waals surface area contributed by atoms with Crippen LogP contribution in [0.15, 0.2) is 18.2 Å². The molecule has 0 saturated carbocycles. The molecule has 2 rings (SSSR count). The Balaban J connectivity index is 1.80. The standard InChI is InChI=1S/C18H27FN2O2/c1-14-6-5-7-15(17(14)19)12-20-8-10-21(11-9-20)13-16(22)23-18(2,3)4/h5-7H,8-13H2,1-4H3. The van der Waals surface area contributed by atoms with E-state index < -0.39 is 5.60 Å². The van der Waals surface area contributed by atoms with Gasteiger partial charge in [0.1, 0.15) is 11.4 Å². The maximum Gasteiger partial charge on any atom is 0.320 e. The maximum absolute atomic E-state index is 14.1. The van der Waals surface area contributed by atoms with Gasteiger partial charge in [0.05, 0.1) is 6.54 Å². The molecule has 23 heavy (non-hydrogen) atoms. The summed E-state index contributed by atoms with van der Waals surface area (Å²) in [6, 6.07) is 5.53. The van der Waals surface area contributed by atoms with Gasteiger partial charge < -0.3 is 4.74 Å². The van der Waals surface area contributed by atoms with Crippen LogP contribution in [0.3, 0.4) is 0 Å². The number of piperazine rings is 1. The van der Waals surface area contributed by atoms with Crippen molar-refractivity contribution in [2.24, 2.45) is 0 Å². The van der Waals surface area contributed by atoms with Gasteiger partial charge in [0, 0.05) is 38.3 Å². The van der Waals surface area contributed by atoms with Gasteiger partial charge >= 0.3 is 5.97 Å². The fraction of sp³-hybridized carbons (Fsp3) is 0.611. The number of carbonyl (C=O) groups is 1. The lowest BCUT2D eigenvalue weighted by atomic mass is 10.1. The van der Waals surface area contributed by atoms with E-state index in [0.717, 1.165) is 31.7 Å². The molecule has 4 nitrogen and oxygen atoms in total. The Morgan fingerprint density at radius 3 is 2.39 bits per heavy atom. The minimum atomic E-state index is -0.443. The van der Waals surface area contributed by atoms with Crippen LogP contribution in [0.25, 0.3) is 0 Å². The predicted octanol–water partition coefficient (Wildman–Crippen LogP) is 2.59. The van der Waals surface area contributed by atoms with Crippen molar-refractivity contribution in [2.75, 3.05) is 32.7 Å². The van der Waals surface area contributed by atoms with E-state index >= 15 is 0 Å². The SMILES string of the molecule is Cc1cccc(CN2CCN(CC(=O)OC(C)(C)C)CC2)c1F. The summed E-state index contributed by atoms with van der Waals surface area (Å²) in [5.74, 6) is -0.292. The number of aryl methyl sites for hydroxylation is 1. The van der Waals surface area contributed by atoms with Crippen LogP contribution in [0.4, 0.5) is 4.39 Å². The van der Waals surface area contributed by atoms with E-state index in [4.69, 9.17) is 4.74 Å². The minimum Gasteiger partial charge on any atom is -0.459 e. The molecule has 0 aromatic heterocycles. The van der Waals surface area contributed by atoms with Gasteiger partial charge in [0.25, 0.3) is 0 Å². The van der Waals surface area contributed by atoms with E-state index in [1.54, 1.807) is 13.0 Å². The lowest BCUT2D eigenvalue weighted by Crippen LogP contribution is -2.48. The number of esters is 1. The van der Waals surface area contributed by atoms with Crippen molar-refractivity contribution in [1.29, 1.82) is 0 Å². The highest BCUT2D eigenvalue weighted by Crippen LogP contribution is 2.15. The molecule has 1 aliphatic heterocycles. The second-order valence-corrected chi connectivity index (χ2v) is 7.19. The average molecular weight is 322 g/mol. The van der Waals surface area contributed by atoms with Gasteiger partial charge in [-0.25, -0.2) is 4.39 Å². The number of nitrogens with zero attached hydrogens (tertiary/aromatic N) is 2. The number of carbonyl (C=O) groups excluding carboxylic acids is 1. The topological polar surface area (TPSA) is 32.8 Å². The van der Waals surface area contributed by atoms with Crippen molar-refractivity contribution in [3.8, 4) is 0 Å². The van der Waals surface area contributed by atoms with Crippen molar-refractivity contribution in [2.45, 2.75) is 39.8 Å². The predicted molar refractivity (Wildman–Crippen MR) is 88.7 cm³/mol. The number of hydrogen-bond donors (Lipinski definition) is 0. The van der Waals surface area contributed by atoms with Gasteiger partial charge in [-0.15, -0.1) is 0 Å². The van der Waals surface area contributed by atoms with Crippen LogP contribution in [0.5, 0.6) is 0 Å². The quantitative estimate of drug-likeness (QED) is 0.798. The van der Waals surface area contributed by atoms with Gasteiger partial charge in [-0.2, -0.15) is 0 Å². The largest absolute Gasteiger partial charge is 0.459 e. The first-order valence-electron chi connectivity index (χ1n) is 8.15. The summed E-state index contributed by atoms with van der Waals surface area (Å²) in [7, 11) is 0. The molecule has 1 aromatic carbocycles. The van der Waals surface area contributed by atoms with Crippen LogP contribution in [0.2, 0.25) is 0 Å². The smallest absolute Gasteiger partial charge is 0.320 e. The number of benzene rings is 1. The molecule has 1 aliphatic rings. The van der Waals surface area contributed by atoms with E-state index in [1.165, 1.54) is 0 Å². The van der Waals surface area contributed by atoms with Gasteiger partial charge in [-0.05, 0) is 33.3 Å². The van der Waals surface area contributed by atoms with Gasteiger partial charge in [-0.3, -0.25) is 14.6 Å². The lowest BCUT2D eigenvalue weighted by Gasteiger charge is -2.34. The number of hydrogen-bond acceptors (Lipinski definition) is 4. The molecule has 0 radical (unpaired) electrons. The summed E-state index contributed by atoms with van der Waals surface area (Å²) in [6.45, 7) is 11.6.